The van der Waals surface area contributed by atoms with Gasteiger partial charge in [-0.05, 0) is 60.1 Å². The van der Waals surface area contributed by atoms with Crippen molar-refractivity contribution in [2.75, 3.05) is 13.2 Å². The summed E-state index contributed by atoms with van der Waals surface area (Å²) in [5.74, 6) is -0.576. The molecule has 1 heterocycles. The molecule has 1 aliphatic heterocycles. The first-order chi connectivity index (χ1) is 16.1. The zero-order valence-electron chi connectivity index (χ0n) is 21.3. The number of likely N-dealkylation sites (tertiary alicyclic amines) is 1. The van der Waals surface area contributed by atoms with Crippen molar-refractivity contribution >= 4 is 17.4 Å². The van der Waals surface area contributed by atoms with Crippen molar-refractivity contribution in [3.8, 4) is 5.75 Å². The number of ketones is 1. The summed E-state index contributed by atoms with van der Waals surface area (Å²) in [4.78, 5) is 27.7. The fourth-order valence-corrected chi connectivity index (χ4v) is 4.27. The Morgan fingerprint density at radius 1 is 1.03 bits per heavy atom. The number of aliphatic hydroxyl groups is 1. The van der Waals surface area contributed by atoms with Gasteiger partial charge in [-0.2, -0.15) is 0 Å². The fourth-order valence-electron chi connectivity index (χ4n) is 4.27. The van der Waals surface area contributed by atoms with Crippen LogP contribution in [0.15, 0.2) is 48.0 Å². The average Bonchev–Trinajstić information content (AvgIpc) is 3.04. The summed E-state index contributed by atoms with van der Waals surface area (Å²) in [7, 11) is 0. The maximum atomic E-state index is 13.2. The Hall–Kier alpha value is -3.08. The highest BCUT2D eigenvalue weighted by Gasteiger charge is 2.45. The highest BCUT2D eigenvalue weighted by Crippen LogP contribution is 2.41. The molecule has 5 heteroatoms. The molecular formula is C29H37NO4. The average molecular weight is 464 g/mol. The van der Waals surface area contributed by atoms with Crippen LogP contribution in [0.4, 0.5) is 0 Å². The zero-order chi connectivity index (χ0) is 25.0. The minimum atomic E-state index is -0.639. The fraction of sp³-hybridized carbons (Fsp3) is 0.448. The normalized spacial score (nSPS) is 17.9. The first-order valence-electron chi connectivity index (χ1n) is 12.2. The minimum absolute atomic E-state index is 0.117. The van der Waals surface area contributed by atoms with Crippen LogP contribution in [0, 0.1) is 6.92 Å². The summed E-state index contributed by atoms with van der Waals surface area (Å²) in [6.07, 6.45) is 2.74. The molecule has 1 atom stereocenters. The summed E-state index contributed by atoms with van der Waals surface area (Å²) in [5.41, 5.74) is 3.29. The van der Waals surface area contributed by atoms with Crippen molar-refractivity contribution in [2.24, 2.45) is 0 Å². The SMILES string of the molecule is CCCCOc1ccc(C2/C(=C(\O)c3cc(C(C)(C)C)ccc3C)C(=O)C(=O)N2CCC)cc1. The van der Waals surface area contributed by atoms with Crippen molar-refractivity contribution in [1.29, 1.82) is 0 Å². The van der Waals surface area contributed by atoms with Gasteiger partial charge in [0.05, 0.1) is 18.2 Å². The number of amides is 1. The third-order valence-electron chi connectivity index (χ3n) is 6.33. The Morgan fingerprint density at radius 3 is 2.29 bits per heavy atom. The molecule has 1 N–H and O–H groups in total. The van der Waals surface area contributed by atoms with Crippen LogP contribution in [0.5, 0.6) is 5.75 Å². The van der Waals surface area contributed by atoms with E-state index in [0.29, 0.717) is 25.1 Å². The van der Waals surface area contributed by atoms with Crippen molar-refractivity contribution in [1.82, 2.24) is 4.90 Å². The Labute approximate surface area is 203 Å². The molecule has 182 valence electrons. The van der Waals surface area contributed by atoms with E-state index in [1.807, 2.05) is 56.3 Å². The maximum absolute atomic E-state index is 13.2. The minimum Gasteiger partial charge on any atom is -0.507 e. The largest absolute Gasteiger partial charge is 0.507 e. The second-order valence-electron chi connectivity index (χ2n) is 10.0. The van der Waals surface area contributed by atoms with Crippen LogP contribution in [0.25, 0.3) is 5.76 Å². The predicted molar refractivity (Wildman–Crippen MR) is 136 cm³/mol. The summed E-state index contributed by atoms with van der Waals surface area (Å²) >= 11 is 0. The summed E-state index contributed by atoms with van der Waals surface area (Å²) < 4.78 is 5.78. The van der Waals surface area contributed by atoms with E-state index in [9.17, 15) is 14.7 Å². The van der Waals surface area contributed by atoms with Gasteiger partial charge in [0.2, 0.25) is 0 Å². The van der Waals surface area contributed by atoms with E-state index in [-0.39, 0.29) is 16.7 Å². The second-order valence-corrected chi connectivity index (χ2v) is 10.0. The molecule has 2 aromatic rings. The lowest BCUT2D eigenvalue weighted by molar-refractivity contribution is -0.139. The molecule has 1 aliphatic rings. The monoisotopic (exact) mass is 463 g/mol. The van der Waals surface area contributed by atoms with Crippen LogP contribution in [0.3, 0.4) is 0 Å². The van der Waals surface area contributed by atoms with E-state index in [2.05, 4.69) is 27.7 Å². The molecule has 0 bridgehead atoms. The van der Waals surface area contributed by atoms with Crippen LogP contribution >= 0.6 is 0 Å². The number of ether oxygens (including phenoxy) is 1. The van der Waals surface area contributed by atoms with Gasteiger partial charge < -0.3 is 14.7 Å². The number of aliphatic hydroxyl groups excluding tert-OH is 1. The highest BCUT2D eigenvalue weighted by molar-refractivity contribution is 6.46. The molecule has 0 radical (unpaired) electrons. The van der Waals surface area contributed by atoms with E-state index in [1.54, 1.807) is 4.90 Å². The molecule has 5 nitrogen and oxygen atoms in total. The van der Waals surface area contributed by atoms with Gasteiger partial charge >= 0.3 is 0 Å². The molecule has 2 aromatic carbocycles. The molecule has 1 fully saturated rings. The number of Topliss-reactive ketones (excluding diaryl/α,β-unsaturated/α-hetero) is 1. The third-order valence-corrected chi connectivity index (χ3v) is 6.33. The van der Waals surface area contributed by atoms with Crippen molar-refractivity contribution in [2.45, 2.75) is 72.3 Å². The smallest absolute Gasteiger partial charge is 0.295 e. The molecule has 34 heavy (non-hydrogen) atoms. The quantitative estimate of drug-likeness (QED) is 0.216. The number of hydrogen-bond donors (Lipinski definition) is 1. The highest BCUT2D eigenvalue weighted by atomic mass is 16.5. The number of carbonyl (C=O) groups excluding carboxylic acids is 2. The predicted octanol–water partition coefficient (Wildman–Crippen LogP) is 6.30. The maximum Gasteiger partial charge on any atom is 0.295 e. The van der Waals surface area contributed by atoms with Gasteiger partial charge in [0.25, 0.3) is 11.7 Å². The van der Waals surface area contributed by atoms with Crippen LogP contribution in [0.2, 0.25) is 0 Å². The van der Waals surface area contributed by atoms with Gasteiger partial charge in [0.1, 0.15) is 11.5 Å². The summed E-state index contributed by atoms with van der Waals surface area (Å²) in [5, 5.41) is 11.5. The van der Waals surface area contributed by atoms with Gasteiger partial charge in [-0.1, -0.05) is 65.3 Å². The number of aryl methyl sites for hydroxylation is 1. The first kappa shape index (κ1) is 25.5. The lowest BCUT2D eigenvalue weighted by Gasteiger charge is -2.25. The van der Waals surface area contributed by atoms with Crippen LogP contribution in [-0.4, -0.2) is 34.8 Å². The topological polar surface area (TPSA) is 66.8 Å². The molecule has 0 spiro atoms. The van der Waals surface area contributed by atoms with Crippen LogP contribution in [-0.2, 0) is 15.0 Å². The Bertz CT molecular complexity index is 1080. The Morgan fingerprint density at radius 2 is 1.71 bits per heavy atom. The standard InChI is InChI=1S/C29H37NO4/c1-7-9-17-34-22-14-11-20(12-15-22)25-24(27(32)28(33)30(25)16-8-2)26(31)23-18-21(29(4,5)6)13-10-19(23)3/h10-15,18,25,31H,7-9,16-17H2,1-6H3/b26-24+. The Balaban J connectivity index is 2.11. The Kier molecular flexibility index (Phi) is 7.86. The van der Waals surface area contributed by atoms with E-state index in [4.69, 9.17) is 4.74 Å². The van der Waals surface area contributed by atoms with Crippen molar-refractivity contribution < 1.29 is 19.4 Å². The van der Waals surface area contributed by atoms with Crippen LogP contribution < -0.4 is 4.74 Å². The molecule has 1 amide bonds. The van der Waals surface area contributed by atoms with Crippen molar-refractivity contribution in [3.05, 3.63) is 70.3 Å². The van der Waals surface area contributed by atoms with E-state index < -0.39 is 17.7 Å². The zero-order valence-corrected chi connectivity index (χ0v) is 21.3. The third kappa shape index (κ3) is 5.19. The van der Waals surface area contributed by atoms with E-state index in [1.165, 1.54) is 0 Å². The molecular weight excluding hydrogens is 426 g/mol. The number of carbonyl (C=O) groups is 2. The number of unbranched alkanes of at least 4 members (excludes halogenated alkanes) is 1. The molecule has 1 saturated heterocycles. The number of rotatable bonds is 8. The van der Waals surface area contributed by atoms with Gasteiger partial charge in [0.15, 0.2) is 0 Å². The van der Waals surface area contributed by atoms with E-state index in [0.717, 1.165) is 35.3 Å². The number of nitrogens with zero attached hydrogens (tertiary/aromatic N) is 1. The second kappa shape index (κ2) is 10.5. The summed E-state index contributed by atoms with van der Waals surface area (Å²) in [6.45, 7) is 13.4. The molecule has 0 aromatic heterocycles. The molecule has 0 saturated carbocycles. The van der Waals surface area contributed by atoms with Gasteiger partial charge in [0, 0.05) is 12.1 Å². The molecule has 0 aliphatic carbocycles. The lowest BCUT2D eigenvalue weighted by atomic mass is 9.84. The van der Waals surface area contributed by atoms with Gasteiger partial charge in [-0.15, -0.1) is 0 Å². The van der Waals surface area contributed by atoms with Gasteiger partial charge in [-0.3, -0.25) is 9.59 Å². The van der Waals surface area contributed by atoms with E-state index >= 15 is 0 Å². The van der Waals surface area contributed by atoms with Gasteiger partial charge in [-0.25, -0.2) is 0 Å². The number of hydrogen-bond acceptors (Lipinski definition) is 4. The molecule has 1 unspecified atom stereocenters. The van der Waals surface area contributed by atoms with Crippen molar-refractivity contribution in [3.63, 3.8) is 0 Å². The first-order valence-corrected chi connectivity index (χ1v) is 12.2. The lowest BCUT2D eigenvalue weighted by Crippen LogP contribution is -2.30. The summed E-state index contributed by atoms with van der Waals surface area (Å²) in [6, 6.07) is 12.8. The molecule has 3 rings (SSSR count). The number of benzene rings is 2. The van der Waals surface area contributed by atoms with Crippen LogP contribution in [0.1, 0.15) is 82.2 Å².